The number of fused-ring (bicyclic) bond motifs is 1. The molecule has 2 saturated carbocycles. The smallest absolute Gasteiger partial charge is 0.161 e. The van der Waals surface area contributed by atoms with Gasteiger partial charge in [-0.3, -0.25) is 0 Å². The van der Waals surface area contributed by atoms with Gasteiger partial charge in [0.1, 0.15) is 5.82 Å². The molecular weight excluding hydrogens is 500 g/mol. The SMILES string of the molecule is CC1C#Cc2cc(N)ncc2COC(CC(O)CCc2ccc(O)c(OC3CCCCC3)c2)CCC12CCCC2. The third kappa shape index (κ3) is 7.30. The third-order valence-electron chi connectivity index (χ3n) is 9.56. The van der Waals surface area contributed by atoms with Gasteiger partial charge in [0, 0.05) is 23.2 Å². The van der Waals surface area contributed by atoms with Crippen LogP contribution in [0.4, 0.5) is 5.82 Å². The van der Waals surface area contributed by atoms with Crippen molar-refractivity contribution < 1.29 is 19.7 Å². The Bertz CT molecular complexity index is 1190. The molecule has 1 aromatic heterocycles. The summed E-state index contributed by atoms with van der Waals surface area (Å²) in [6.45, 7) is 2.69. The van der Waals surface area contributed by atoms with Crippen molar-refractivity contribution in [2.24, 2.45) is 11.3 Å². The lowest BCUT2D eigenvalue weighted by Gasteiger charge is -2.34. The van der Waals surface area contributed by atoms with Gasteiger partial charge in [0.25, 0.3) is 0 Å². The van der Waals surface area contributed by atoms with Crippen LogP contribution in [0.15, 0.2) is 30.5 Å². The Morgan fingerprint density at radius 1 is 1.10 bits per heavy atom. The minimum Gasteiger partial charge on any atom is -0.504 e. The van der Waals surface area contributed by atoms with E-state index >= 15 is 0 Å². The van der Waals surface area contributed by atoms with E-state index in [0.29, 0.717) is 36.9 Å². The number of aliphatic hydroxyl groups excluding tert-OH is 1. The second-order valence-corrected chi connectivity index (χ2v) is 12.4. The lowest BCUT2D eigenvalue weighted by Crippen LogP contribution is -2.28. The first-order valence-electron chi connectivity index (χ1n) is 15.4. The first-order valence-corrected chi connectivity index (χ1v) is 15.4. The molecule has 216 valence electrons. The fourth-order valence-corrected chi connectivity index (χ4v) is 6.90. The number of aromatic nitrogens is 1. The second kappa shape index (κ2) is 13.3. The standard InChI is InChI=1S/C34H46N2O4/c1-24-9-12-26-20-33(35)36-22-27(26)23-39-30(15-18-34(24)16-5-6-17-34)21-28(37)13-10-25-11-14-31(38)32(19-25)40-29-7-3-2-4-8-29/h11,14,19-20,22,24,28-30,37-38H,2-8,10,13,15-18,21,23H2,1H3,(H2,35,36). The number of pyridine rings is 1. The van der Waals surface area contributed by atoms with E-state index in [1.54, 1.807) is 12.3 Å². The normalized spacial score (nSPS) is 23.9. The van der Waals surface area contributed by atoms with Crippen LogP contribution in [0.3, 0.4) is 0 Å². The molecule has 1 aliphatic heterocycles. The molecule has 3 unspecified atom stereocenters. The molecule has 3 aliphatic rings. The Kier molecular flexibility index (Phi) is 9.55. The monoisotopic (exact) mass is 546 g/mol. The molecule has 0 saturated heterocycles. The molecule has 6 nitrogen and oxygen atoms in total. The summed E-state index contributed by atoms with van der Waals surface area (Å²) in [6, 6.07) is 7.45. The molecule has 2 aliphatic carbocycles. The maximum Gasteiger partial charge on any atom is 0.161 e. The highest BCUT2D eigenvalue weighted by Gasteiger charge is 2.39. The average molecular weight is 547 g/mol. The summed E-state index contributed by atoms with van der Waals surface area (Å²) in [5, 5.41) is 21.5. The van der Waals surface area contributed by atoms with Crippen LogP contribution in [0, 0.1) is 23.2 Å². The fourth-order valence-electron chi connectivity index (χ4n) is 6.90. The fraction of sp³-hybridized carbons (Fsp3) is 0.618. The Labute approximate surface area is 239 Å². The predicted octanol–water partition coefficient (Wildman–Crippen LogP) is 6.69. The molecule has 0 bridgehead atoms. The van der Waals surface area contributed by atoms with Crippen molar-refractivity contribution in [1.82, 2.24) is 4.98 Å². The molecule has 5 rings (SSSR count). The zero-order chi connectivity index (χ0) is 28.0. The number of phenols is 1. The van der Waals surface area contributed by atoms with Crippen molar-refractivity contribution in [2.45, 2.75) is 122 Å². The Hall–Kier alpha value is -2.75. The van der Waals surface area contributed by atoms with Crippen LogP contribution in [-0.4, -0.2) is 33.5 Å². The summed E-state index contributed by atoms with van der Waals surface area (Å²) in [7, 11) is 0. The number of aromatic hydroxyl groups is 1. The second-order valence-electron chi connectivity index (χ2n) is 12.4. The van der Waals surface area contributed by atoms with Crippen LogP contribution in [-0.2, 0) is 17.8 Å². The highest BCUT2D eigenvalue weighted by Crippen LogP contribution is 2.48. The molecule has 0 radical (unpaired) electrons. The third-order valence-corrected chi connectivity index (χ3v) is 9.56. The van der Waals surface area contributed by atoms with E-state index < -0.39 is 6.10 Å². The predicted molar refractivity (Wildman–Crippen MR) is 158 cm³/mol. The van der Waals surface area contributed by atoms with Crippen molar-refractivity contribution >= 4 is 5.82 Å². The Balaban J connectivity index is 1.23. The van der Waals surface area contributed by atoms with Crippen molar-refractivity contribution in [3.05, 3.63) is 47.2 Å². The summed E-state index contributed by atoms with van der Waals surface area (Å²) < 4.78 is 12.6. The average Bonchev–Trinajstić information content (AvgIpc) is 3.44. The van der Waals surface area contributed by atoms with Crippen molar-refractivity contribution in [3.8, 4) is 23.3 Å². The van der Waals surface area contributed by atoms with Crippen molar-refractivity contribution in [1.29, 1.82) is 0 Å². The molecule has 2 heterocycles. The van der Waals surface area contributed by atoms with E-state index in [9.17, 15) is 10.2 Å². The number of nitrogens with zero attached hydrogens (tertiary/aromatic N) is 1. The van der Waals surface area contributed by atoms with Gasteiger partial charge in [0.2, 0.25) is 0 Å². The minimum atomic E-state index is -0.483. The van der Waals surface area contributed by atoms with Gasteiger partial charge in [-0.25, -0.2) is 4.98 Å². The summed E-state index contributed by atoms with van der Waals surface area (Å²) >= 11 is 0. The van der Waals surface area contributed by atoms with Crippen LogP contribution in [0.25, 0.3) is 0 Å². The molecule has 3 atom stereocenters. The number of phenolic OH excluding ortho intramolecular Hbond substituents is 1. The number of aryl methyl sites for hydroxylation is 1. The van der Waals surface area contributed by atoms with Gasteiger partial charge in [-0.15, -0.1) is 0 Å². The number of hydrogen-bond acceptors (Lipinski definition) is 6. The van der Waals surface area contributed by atoms with E-state index in [2.05, 4.69) is 23.7 Å². The Morgan fingerprint density at radius 3 is 2.70 bits per heavy atom. The van der Waals surface area contributed by atoms with Crippen LogP contribution in [0.5, 0.6) is 11.5 Å². The number of ether oxygens (including phenoxy) is 2. The summed E-state index contributed by atoms with van der Waals surface area (Å²) in [6.07, 6.45) is 16.0. The molecule has 40 heavy (non-hydrogen) atoms. The first-order chi connectivity index (χ1) is 19.4. The molecule has 2 aromatic rings. The molecule has 4 N–H and O–H groups in total. The number of hydrogen-bond donors (Lipinski definition) is 3. The number of anilines is 1. The van der Waals surface area contributed by atoms with Crippen LogP contribution < -0.4 is 10.5 Å². The summed E-state index contributed by atoms with van der Waals surface area (Å²) in [4.78, 5) is 4.28. The van der Waals surface area contributed by atoms with Crippen LogP contribution >= 0.6 is 0 Å². The van der Waals surface area contributed by atoms with Crippen molar-refractivity contribution in [3.63, 3.8) is 0 Å². The van der Waals surface area contributed by atoms with Crippen LogP contribution in [0.2, 0.25) is 0 Å². The Morgan fingerprint density at radius 2 is 1.90 bits per heavy atom. The zero-order valence-corrected chi connectivity index (χ0v) is 24.0. The lowest BCUT2D eigenvalue weighted by atomic mass is 9.71. The molecule has 1 spiro atoms. The molecule has 2 fully saturated rings. The van der Waals surface area contributed by atoms with E-state index in [1.807, 2.05) is 18.2 Å². The van der Waals surface area contributed by atoms with Gasteiger partial charge in [-0.1, -0.05) is 44.1 Å². The first kappa shape index (κ1) is 28.8. The van der Waals surface area contributed by atoms with Gasteiger partial charge < -0.3 is 25.4 Å². The number of rotatable bonds is 7. The van der Waals surface area contributed by atoms with Gasteiger partial charge in [0.15, 0.2) is 11.5 Å². The van der Waals surface area contributed by atoms with Crippen LogP contribution in [0.1, 0.15) is 107 Å². The van der Waals surface area contributed by atoms with Gasteiger partial charge >= 0.3 is 0 Å². The van der Waals surface area contributed by atoms with Gasteiger partial charge in [-0.05, 0) is 99.8 Å². The quantitative estimate of drug-likeness (QED) is 0.335. The number of benzene rings is 1. The molecule has 0 amide bonds. The highest BCUT2D eigenvalue weighted by molar-refractivity contribution is 5.47. The topological polar surface area (TPSA) is 97.8 Å². The number of aliphatic hydroxyl groups is 1. The van der Waals surface area contributed by atoms with E-state index in [4.69, 9.17) is 15.2 Å². The maximum atomic E-state index is 11.1. The van der Waals surface area contributed by atoms with Gasteiger partial charge in [0.05, 0.1) is 24.9 Å². The minimum absolute atomic E-state index is 0.0480. The zero-order valence-electron chi connectivity index (χ0n) is 24.0. The maximum absolute atomic E-state index is 11.1. The lowest BCUT2D eigenvalue weighted by molar-refractivity contribution is -0.0113. The molecule has 6 heteroatoms. The van der Waals surface area contributed by atoms with Crippen molar-refractivity contribution in [2.75, 3.05) is 5.73 Å². The molecule has 1 aromatic carbocycles. The van der Waals surface area contributed by atoms with E-state index in [1.165, 1.54) is 44.9 Å². The summed E-state index contributed by atoms with van der Waals surface area (Å²) in [5.41, 5.74) is 9.11. The highest BCUT2D eigenvalue weighted by atomic mass is 16.5. The number of nitrogens with two attached hydrogens (primary N) is 1. The largest absolute Gasteiger partial charge is 0.504 e. The van der Waals surface area contributed by atoms with E-state index in [-0.39, 0.29) is 23.4 Å². The summed E-state index contributed by atoms with van der Waals surface area (Å²) in [5.74, 6) is 8.48. The number of nitrogen functional groups attached to an aromatic ring is 1. The molecular formula is C34H46N2O4. The van der Waals surface area contributed by atoms with E-state index in [0.717, 1.165) is 48.8 Å². The van der Waals surface area contributed by atoms with Gasteiger partial charge in [-0.2, -0.15) is 0 Å².